The number of ether oxygens (including phenoxy) is 1. The fourth-order valence-corrected chi connectivity index (χ4v) is 5.26. The smallest absolute Gasteiger partial charge is 0.222 e. The second-order valence-electron chi connectivity index (χ2n) is 8.30. The van der Waals surface area contributed by atoms with Crippen LogP contribution in [0.15, 0.2) is 0 Å². The van der Waals surface area contributed by atoms with E-state index < -0.39 is 0 Å². The van der Waals surface area contributed by atoms with Crippen molar-refractivity contribution in [2.75, 3.05) is 13.1 Å². The van der Waals surface area contributed by atoms with Gasteiger partial charge in [0.2, 0.25) is 5.91 Å². The first kappa shape index (κ1) is 18.5. The Balaban J connectivity index is 0.00000169. The molecule has 0 aromatic carbocycles. The van der Waals surface area contributed by atoms with Crippen LogP contribution in [-0.2, 0) is 9.53 Å². The normalized spacial score (nSPS) is 34.3. The van der Waals surface area contributed by atoms with E-state index in [9.17, 15) is 4.79 Å². The van der Waals surface area contributed by atoms with Crippen molar-refractivity contribution in [3.05, 3.63) is 0 Å². The van der Waals surface area contributed by atoms with Crippen molar-refractivity contribution < 1.29 is 9.53 Å². The number of amides is 1. The van der Waals surface area contributed by atoms with Gasteiger partial charge in [-0.3, -0.25) is 4.79 Å². The molecule has 5 heteroatoms. The first-order valence-corrected chi connectivity index (χ1v) is 9.95. The summed E-state index contributed by atoms with van der Waals surface area (Å²) in [6, 6.07) is 1.38. The maximum absolute atomic E-state index is 12.6. The van der Waals surface area contributed by atoms with Gasteiger partial charge < -0.3 is 15.0 Å². The highest BCUT2D eigenvalue weighted by Gasteiger charge is 2.35. The summed E-state index contributed by atoms with van der Waals surface area (Å²) in [5.74, 6) is 1.02. The van der Waals surface area contributed by atoms with Gasteiger partial charge in [-0.25, -0.2) is 0 Å². The minimum absolute atomic E-state index is 0. The monoisotopic (exact) mass is 356 g/mol. The van der Waals surface area contributed by atoms with Crippen LogP contribution in [0, 0.1) is 5.92 Å². The van der Waals surface area contributed by atoms with Crippen molar-refractivity contribution >= 4 is 18.3 Å². The summed E-state index contributed by atoms with van der Waals surface area (Å²) in [6.45, 7) is 1.82. The van der Waals surface area contributed by atoms with Crippen LogP contribution in [0.5, 0.6) is 0 Å². The van der Waals surface area contributed by atoms with E-state index in [1.54, 1.807) is 0 Å². The summed E-state index contributed by atoms with van der Waals surface area (Å²) >= 11 is 0. The fourth-order valence-electron chi connectivity index (χ4n) is 5.26. The number of halogens is 1. The standard InChI is InChI=1S/C19H32N2O2.ClH/c22-19(13-14-11-15-5-6-16(12-14)20-15)21-9-7-18(8-10-21)23-17-3-1-2-4-17;/h14-18,20H,1-13H2;1H. The number of carbonyl (C=O) groups excluding carboxylic acids is 1. The molecule has 3 aliphatic heterocycles. The molecule has 1 aliphatic carbocycles. The number of hydrogen-bond acceptors (Lipinski definition) is 3. The highest BCUT2D eigenvalue weighted by Crippen LogP contribution is 2.33. The molecule has 0 spiro atoms. The van der Waals surface area contributed by atoms with Crippen molar-refractivity contribution in [2.24, 2.45) is 5.92 Å². The topological polar surface area (TPSA) is 41.6 Å². The molecule has 1 saturated carbocycles. The Morgan fingerprint density at radius 3 is 2.12 bits per heavy atom. The van der Waals surface area contributed by atoms with Gasteiger partial charge in [-0.15, -0.1) is 12.4 Å². The number of likely N-dealkylation sites (tertiary alicyclic amines) is 1. The minimum Gasteiger partial charge on any atom is -0.375 e. The molecule has 1 N–H and O–H groups in total. The molecule has 2 bridgehead atoms. The first-order valence-electron chi connectivity index (χ1n) is 9.95. The average molecular weight is 357 g/mol. The molecule has 4 aliphatic rings. The van der Waals surface area contributed by atoms with E-state index in [4.69, 9.17) is 4.74 Å². The lowest BCUT2D eigenvalue weighted by Crippen LogP contribution is -2.44. The zero-order valence-corrected chi connectivity index (χ0v) is 15.6. The van der Waals surface area contributed by atoms with Crippen LogP contribution < -0.4 is 5.32 Å². The maximum atomic E-state index is 12.6. The van der Waals surface area contributed by atoms with Gasteiger partial charge in [0.15, 0.2) is 0 Å². The predicted molar refractivity (Wildman–Crippen MR) is 97.5 cm³/mol. The van der Waals surface area contributed by atoms with Gasteiger partial charge in [-0.2, -0.15) is 0 Å². The number of rotatable bonds is 4. The molecule has 4 fully saturated rings. The molecule has 138 valence electrons. The van der Waals surface area contributed by atoms with Gasteiger partial charge in [0.05, 0.1) is 12.2 Å². The van der Waals surface area contributed by atoms with Crippen LogP contribution in [0.4, 0.5) is 0 Å². The Bertz CT molecular complexity index is 408. The number of fused-ring (bicyclic) bond motifs is 2. The predicted octanol–water partition coefficient (Wildman–Crippen LogP) is 3.28. The Labute approximate surface area is 152 Å². The molecule has 2 atom stereocenters. The van der Waals surface area contributed by atoms with Crippen molar-refractivity contribution in [1.82, 2.24) is 10.2 Å². The molecule has 1 amide bonds. The molecule has 2 unspecified atom stereocenters. The number of nitrogens with one attached hydrogen (secondary N) is 1. The van der Waals surface area contributed by atoms with Gasteiger partial charge in [0.25, 0.3) is 0 Å². The number of hydrogen-bond donors (Lipinski definition) is 1. The molecule has 24 heavy (non-hydrogen) atoms. The summed E-state index contributed by atoms with van der Waals surface area (Å²) in [6.07, 6.45) is 14.0. The molecule has 3 saturated heterocycles. The van der Waals surface area contributed by atoms with Crippen molar-refractivity contribution in [3.63, 3.8) is 0 Å². The summed E-state index contributed by atoms with van der Waals surface area (Å²) < 4.78 is 6.22. The molecule has 0 radical (unpaired) electrons. The number of piperidine rings is 2. The fraction of sp³-hybridized carbons (Fsp3) is 0.947. The Morgan fingerprint density at radius 2 is 1.50 bits per heavy atom. The summed E-state index contributed by atoms with van der Waals surface area (Å²) in [5.41, 5.74) is 0. The van der Waals surface area contributed by atoms with Crippen molar-refractivity contribution in [2.45, 2.75) is 94.9 Å². The van der Waals surface area contributed by atoms with Crippen LogP contribution >= 0.6 is 12.4 Å². The van der Waals surface area contributed by atoms with Crippen LogP contribution in [0.2, 0.25) is 0 Å². The lowest BCUT2D eigenvalue weighted by Gasteiger charge is -2.35. The highest BCUT2D eigenvalue weighted by atomic mass is 35.5. The quantitative estimate of drug-likeness (QED) is 0.840. The largest absolute Gasteiger partial charge is 0.375 e. The Morgan fingerprint density at radius 1 is 0.917 bits per heavy atom. The van der Waals surface area contributed by atoms with Gasteiger partial charge in [-0.1, -0.05) is 12.8 Å². The third kappa shape index (κ3) is 4.44. The average Bonchev–Trinajstić information content (AvgIpc) is 3.18. The van der Waals surface area contributed by atoms with Crippen molar-refractivity contribution in [3.8, 4) is 0 Å². The highest BCUT2D eigenvalue weighted by molar-refractivity contribution is 5.85. The Hall–Kier alpha value is -0.320. The SMILES string of the molecule is Cl.O=C(CC1CC2CCC(C1)N2)N1CCC(OC2CCCC2)CC1. The molecule has 3 heterocycles. The second-order valence-corrected chi connectivity index (χ2v) is 8.30. The summed E-state index contributed by atoms with van der Waals surface area (Å²) in [4.78, 5) is 14.7. The van der Waals surface area contributed by atoms with E-state index in [0.717, 1.165) is 32.4 Å². The number of nitrogens with zero attached hydrogens (tertiary/aromatic N) is 1. The molecular weight excluding hydrogens is 324 g/mol. The van der Waals surface area contributed by atoms with Gasteiger partial charge in [0, 0.05) is 31.6 Å². The van der Waals surface area contributed by atoms with E-state index >= 15 is 0 Å². The first-order chi connectivity index (χ1) is 11.3. The third-order valence-electron chi connectivity index (χ3n) is 6.52. The molecule has 4 rings (SSSR count). The van der Waals surface area contributed by atoms with Crippen molar-refractivity contribution in [1.29, 1.82) is 0 Å². The third-order valence-corrected chi connectivity index (χ3v) is 6.52. The zero-order valence-electron chi connectivity index (χ0n) is 14.8. The number of carbonyl (C=O) groups is 1. The van der Waals surface area contributed by atoms with Gasteiger partial charge in [0.1, 0.15) is 0 Å². The maximum Gasteiger partial charge on any atom is 0.222 e. The molecule has 0 aromatic rings. The molecular formula is C19H33ClN2O2. The lowest BCUT2D eigenvalue weighted by atomic mass is 9.89. The van der Waals surface area contributed by atoms with Gasteiger partial charge in [-0.05, 0) is 57.3 Å². The summed E-state index contributed by atoms with van der Waals surface area (Å²) in [5, 5.41) is 3.67. The van der Waals surface area contributed by atoms with Crippen LogP contribution in [0.3, 0.4) is 0 Å². The van der Waals surface area contributed by atoms with Crippen LogP contribution in [-0.4, -0.2) is 48.2 Å². The second kappa shape index (κ2) is 8.37. The lowest BCUT2D eigenvalue weighted by molar-refractivity contribution is -0.135. The van der Waals surface area contributed by atoms with E-state index in [0.29, 0.717) is 36.1 Å². The van der Waals surface area contributed by atoms with Gasteiger partial charge >= 0.3 is 0 Å². The molecule has 4 nitrogen and oxygen atoms in total. The van der Waals surface area contributed by atoms with Crippen LogP contribution in [0.25, 0.3) is 0 Å². The van der Waals surface area contributed by atoms with E-state index in [-0.39, 0.29) is 12.4 Å². The van der Waals surface area contributed by atoms with E-state index in [1.165, 1.54) is 51.4 Å². The minimum atomic E-state index is 0. The molecule has 0 aromatic heterocycles. The van der Waals surface area contributed by atoms with E-state index in [2.05, 4.69) is 10.2 Å². The van der Waals surface area contributed by atoms with Crippen LogP contribution in [0.1, 0.15) is 70.6 Å². The summed E-state index contributed by atoms with van der Waals surface area (Å²) in [7, 11) is 0. The Kier molecular flexibility index (Phi) is 6.44. The van der Waals surface area contributed by atoms with E-state index in [1.807, 2.05) is 0 Å². The zero-order chi connectivity index (χ0) is 15.6.